The molecule has 18 aromatic carbocycles. The van der Waals surface area contributed by atoms with Gasteiger partial charge in [-0.15, -0.1) is 0 Å². The van der Waals surface area contributed by atoms with Crippen molar-refractivity contribution in [3.63, 3.8) is 0 Å². The summed E-state index contributed by atoms with van der Waals surface area (Å²) >= 11 is 3.47. The molecule has 0 fully saturated rings. The number of hydrogen-bond acceptors (Lipinski definition) is 9. The summed E-state index contributed by atoms with van der Waals surface area (Å²) in [5, 5.41) is 0. The van der Waals surface area contributed by atoms with Crippen molar-refractivity contribution in [1.29, 1.82) is 0 Å². The molecular formula is C132H117B3O7S2. The van der Waals surface area contributed by atoms with E-state index >= 15 is 0 Å². The topological polar surface area (TPSA) is 64.6 Å². The van der Waals surface area contributed by atoms with Crippen LogP contribution in [0.25, 0.3) is 100 Å². The van der Waals surface area contributed by atoms with Crippen LogP contribution in [0.5, 0.6) is 69.0 Å². The second kappa shape index (κ2) is 37.0. The fraction of sp³-hybridized carbons (Fsp3) is 0.182. The van der Waals surface area contributed by atoms with Crippen molar-refractivity contribution in [2.75, 3.05) is 0 Å². The molecule has 6 aliphatic rings. The van der Waals surface area contributed by atoms with Gasteiger partial charge in [-0.25, -0.2) is 0 Å². The Hall–Kier alpha value is -14.5. The van der Waals surface area contributed by atoms with Crippen molar-refractivity contribution in [3.05, 3.63) is 428 Å². The first-order chi connectivity index (χ1) is 76.8. The molecule has 12 heteroatoms. The minimum absolute atomic E-state index is 0.146. The summed E-state index contributed by atoms with van der Waals surface area (Å²) in [4.78, 5) is 3.24. The maximum atomic E-state index is 9.04. The van der Waals surface area contributed by atoms with Gasteiger partial charge in [0.1, 0.15) is 63.2 Å². The van der Waals surface area contributed by atoms with Gasteiger partial charge in [-0.1, -0.05) is 333 Å². The van der Waals surface area contributed by atoms with Gasteiger partial charge in [-0.3, -0.25) is 0 Å². The van der Waals surface area contributed by atoms with Gasteiger partial charge in [0.2, 0.25) is 5.99 Å². The molecule has 0 saturated heterocycles. The van der Waals surface area contributed by atoms with Crippen LogP contribution >= 0.6 is 23.4 Å². The van der Waals surface area contributed by atoms with Gasteiger partial charge in [0.15, 0.2) is 5.75 Å². The van der Waals surface area contributed by atoms with Gasteiger partial charge < -0.3 is 33.0 Å². The number of hydrogen-bond donors (Lipinski definition) is 0. The number of ether oxygens (including phenoxy) is 5. The summed E-state index contributed by atoms with van der Waals surface area (Å²) in [5.74, 6) is 7.00. The average molecular weight is 1930 g/mol. The number of para-hydroxylation sites is 12. The Morgan fingerprint density at radius 2 is 0.507 bits per heavy atom. The third-order valence-corrected chi connectivity index (χ3v) is 32.3. The Bertz CT molecular complexity index is 8290. The lowest BCUT2D eigenvalue weighted by Gasteiger charge is -2.35. The molecule has 0 saturated carbocycles. The van der Waals surface area contributed by atoms with Gasteiger partial charge in [-0.2, -0.15) is 11.6 Å². The lowest BCUT2D eigenvalue weighted by Crippen LogP contribution is -2.34. The van der Waals surface area contributed by atoms with Crippen molar-refractivity contribution in [3.8, 4) is 169 Å². The van der Waals surface area contributed by atoms with E-state index in [1.165, 1.54) is 0 Å². The Morgan fingerprint density at radius 3 is 0.917 bits per heavy atom. The van der Waals surface area contributed by atoms with Crippen LogP contribution in [-0.4, -0.2) is 19.8 Å². The highest BCUT2D eigenvalue weighted by Gasteiger charge is 2.42. The molecule has 708 valence electrons. The normalized spacial score (nSPS) is 18.4. The van der Waals surface area contributed by atoms with Crippen LogP contribution in [-0.2, 0) is 16.2 Å². The Morgan fingerprint density at radius 1 is 0.229 bits per heavy atom. The number of rotatable bonds is 9. The van der Waals surface area contributed by atoms with Crippen LogP contribution < -0.4 is 49.4 Å². The maximum Gasteiger partial charge on any atom is 0.392 e. The van der Waals surface area contributed by atoms with Crippen molar-refractivity contribution in [2.24, 2.45) is 0 Å². The molecule has 0 N–H and O–H groups in total. The van der Waals surface area contributed by atoms with E-state index in [0.717, 1.165) is 148 Å². The van der Waals surface area contributed by atoms with Crippen molar-refractivity contribution in [1.82, 2.24) is 0 Å². The number of benzene rings is 18. The zero-order valence-corrected chi connectivity index (χ0v) is 84.7. The lowest BCUT2D eigenvalue weighted by molar-refractivity contribution is 0.419. The zero-order valence-electron chi connectivity index (χ0n) is 101. The first kappa shape index (κ1) is 75.3. The molecule has 0 bridgehead atoms. The van der Waals surface area contributed by atoms with Crippen LogP contribution in [0.15, 0.2) is 342 Å². The van der Waals surface area contributed by atoms with E-state index in [1.54, 1.807) is 111 Å². The fourth-order valence-corrected chi connectivity index (χ4v) is 24.7. The molecule has 3 atom stereocenters. The molecule has 0 radical (unpaired) electrons. The molecule has 6 aliphatic heterocycles. The summed E-state index contributed by atoms with van der Waals surface area (Å²) < 4.78 is 206. The Labute approximate surface area is 884 Å². The minimum Gasteiger partial charge on any atom is -0.555 e. The van der Waals surface area contributed by atoms with E-state index in [1.807, 2.05) is 235 Å². The maximum absolute atomic E-state index is 9.04. The molecule has 0 aromatic heterocycles. The number of fused-ring (bicyclic) bond motifs is 12. The van der Waals surface area contributed by atoms with E-state index in [-0.39, 0.29) is 36.5 Å². The molecule has 6 heterocycles. The number of aryl methyl sites for hydroxylation is 6. The predicted molar refractivity (Wildman–Crippen MR) is 605 cm³/mol. The molecule has 0 spiro atoms. The fourth-order valence-electron chi connectivity index (χ4n) is 22.4. The SMILES string of the molecule is [2H]C([2H])([2H])c1c(-c2ccc(C)c(-c3cccc4c3Oc3ccccc3OB4C)c2C)ccc(C)c1-c1cccc2c1Oc1ccccc1C2(C)C([2H])([2H])[2H].[2H]C([2H])([2H])c1c(-c2ccc(C)c(-c3cccc4c3Oc3ccccc3SB4C)c2C)ccc(C)c1-c1cccc2c1Oc1ccccc1C2(C)C([2H])([2H])[2H].[2H]C([2H])([2H])c1c(-c2ccc(C)c(-c3cccc4c3Sc3ccccc3OB4C)c2C)ccc(C)c1-c1cccc2c1Oc1ccccc1C2(C)C([2H])([2H])[2H]. The standard InChI is InChI=1S/C44H39BO3.2C44H39BO2S/c1-26-22-24-30(28(3)40(26)32-14-12-17-35-42(32)46-37-19-9-8-16-34(37)44(35,5)6)31-25-23-27(2)41(29(31)4)33-15-13-18-36-43(33)47-38-20-10-11-21-39(38)48-45(36)7;1-26-22-24-30(28(3)40(26)32-14-12-17-35-42(32)46-37-19-9-8-16-34(37)44(35,5)6)31-25-23-27(2)41(29(31)4)33-15-13-18-36-43(33)48-39-21-11-10-20-38(39)47-45(36)7;1-26-22-24-30(28(3)40(26)32-14-12-17-35-42(32)46-37-19-9-8-16-34(37)44(35,5)6)31-25-23-27(2)41(29(31)4)33-15-13-18-36-43(33)47-38-20-10-11-21-39(38)48-45(36)7/h3*8-25H,1-7H3/i3*3D3,5D3. The smallest absolute Gasteiger partial charge is 0.392 e. The molecule has 144 heavy (non-hydrogen) atoms. The highest BCUT2D eigenvalue weighted by atomic mass is 32.2. The quantitative estimate of drug-likeness (QED) is 0.132. The monoisotopic (exact) mass is 1930 g/mol. The van der Waals surface area contributed by atoms with Crippen molar-refractivity contribution < 1.29 is 57.7 Å². The molecule has 3 unspecified atom stereocenters. The van der Waals surface area contributed by atoms with Crippen LogP contribution in [0.2, 0.25) is 20.5 Å². The van der Waals surface area contributed by atoms with E-state index in [0.29, 0.717) is 135 Å². The molecular weight excluding hydrogens is 1790 g/mol. The first-order valence-electron chi connectivity index (χ1n) is 58.0. The molecule has 0 amide bonds. The minimum atomic E-state index is -2.56. The second-order valence-electron chi connectivity index (χ2n) is 39.1. The highest BCUT2D eigenvalue weighted by molar-refractivity contribution is 8.26. The van der Waals surface area contributed by atoms with Crippen LogP contribution in [0.3, 0.4) is 0 Å². The summed E-state index contributed by atoms with van der Waals surface area (Å²) in [6.45, 7) is 14.2. The third kappa shape index (κ3) is 16.0. The van der Waals surface area contributed by atoms with E-state index in [4.69, 9.17) is 57.7 Å². The lowest BCUT2D eigenvalue weighted by atomic mass is 9.62. The predicted octanol–water partition coefficient (Wildman–Crippen LogP) is 35.2. The van der Waals surface area contributed by atoms with E-state index in [9.17, 15) is 0 Å². The van der Waals surface area contributed by atoms with Gasteiger partial charge >= 0.3 is 13.8 Å². The van der Waals surface area contributed by atoms with E-state index < -0.39 is 57.4 Å². The van der Waals surface area contributed by atoms with Gasteiger partial charge in [-0.05, 0) is 301 Å². The van der Waals surface area contributed by atoms with Crippen molar-refractivity contribution >= 4 is 59.6 Å². The summed E-state index contributed by atoms with van der Waals surface area (Å²) in [7, 11) is 0. The van der Waals surface area contributed by atoms with Crippen LogP contribution in [0.1, 0.15) is 166 Å². The van der Waals surface area contributed by atoms with Gasteiger partial charge in [0.25, 0.3) is 0 Å². The Kier molecular flexibility index (Phi) is 19.3. The third-order valence-electron chi connectivity index (χ3n) is 29.9. The molecule has 24 rings (SSSR count). The molecule has 18 aromatic rings. The summed E-state index contributed by atoms with van der Waals surface area (Å²) in [6, 6.07) is 104. The zero-order chi connectivity index (χ0) is 115. The van der Waals surface area contributed by atoms with Gasteiger partial charge in [0.05, 0.1) is 4.90 Å². The molecule has 7 nitrogen and oxygen atoms in total. The average Bonchev–Trinajstić information content (AvgIpc) is 0.837. The van der Waals surface area contributed by atoms with Crippen LogP contribution in [0, 0.1) is 82.9 Å². The van der Waals surface area contributed by atoms with Gasteiger partial charge in [0, 0.05) is 117 Å². The largest absolute Gasteiger partial charge is 0.555 e. The Balaban J connectivity index is 0.000000135. The summed E-state index contributed by atoms with van der Waals surface area (Å²) in [5.41, 5.74) is 23.9. The summed E-state index contributed by atoms with van der Waals surface area (Å²) in [6.07, 6.45) is 0. The van der Waals surface area contributed by atoms with Crippen LogP contribution in [0.4, 0.5) is 0 Å². The highest BCUT2D eigenvalue weighted by Crippen LogP contribution is 2.59. The molecule has 0 aliphatic carbocycles. The second-order valence-corrected chi connectivity index (χ2v) is 41.6. The van der Waals surface area contributed by atoms with E-state index in [2.05, 4.69) is 109 Å². The first-order valence-corrected chi connectivity index (χ1v) is 50.7. The van der Waals surface area contributed by atoms with Crippen molar-refractivity contribution in [2.45, 2.75) is 176 Å².